The summed E-state index contributed by atoms with van der Waals surface area (Å²) in [5, 5.41) is 21.8. The monoisotopic (exact) mass is 560 g/mol. The van der Waals surface area contributed by atoms with Gasteiger partial charge in [-0.3, -0.25) is 9.54 Å². The summed E-state index contributed by atoms with van der Waals surface area (Å²) in [5.74, 6) is -1.09. The van der Waals surface area contributed by atoms with E-state index < -0.39 is 36.5 Å². The second-order valence-corrected chi connectivity index (χ2v) is 11.5. The highest BCUT2D eigenvalue weighted by Gasteiger charge is 2.22. The molecule has 0 bridgehead atoms. The van der Waals surface area contributed by atoms with Crippen LogP contribution in [0.25, 0.3) is 10.8 Å². The summed E-state index contributed by atoms with van der Waals surface area (Å²) < 4.78 is 59.5. The summed E-state index contributed by atoms with van der Waals surface area (Å²) in [7, 11) is -5.79. The number of anilines is 3. The van der Waals surface area contributed by atoms with Crippen LogP contribution in [0.3, 0.4) is 0 Å². The normalized spacial score (nSPS) is 12.4. The fraction of sp³-hybridized carbons (Fsp3) is 0.0952. The maximum absolute atomic E-state index is 12.6. The van der Waals surface area contributed by atoms with Crippen molar-refractivity contribution < 1.29 is 26.5 Å². The van der Waals surface area contributed by atoms with Crippen LogP contribution in [0, 0.1) is 0 Å². The third-order valence-electron chi connectivity index (χ3n) is 5.15. The number of fused-ring (bicyclic) bond motifs is 1. The van der Waals surface area contributed by atoms with Crippen molar-refractivity contribution in [3.05, 3.63) is 59.0 Å². The fourth-order valence-electron chi connectivity index (χ4n) is 3.38. The average molecular weight is 561 g/mol. The summed E-state index contributed by atoms with van der Waals surface area (Å²) in [6, 6.07) is 10.7. The van der Waals surface area contributed by atoms with Crippen molar-refractivity contribution in [1.29, 1.82) is 0 Å². The van der Waals surface area contributed by atoms with Crippen molar-refractivity contribution >= 4 is 59.9 Å². The Morgan fingerprint density at radius 3 is 2.34 bits per heavy atom. The molecule has 1 heterocycles. The molecule has 15 nitrogen and oxygen atoms in total. The van der Waals surface area contributed by atoms with Gasteiger partial charge in [-0.05, 0) is 35.7 Å². The third kappa shape index (κ3) is 5.30. The van der Waals surface area contributed by atoms with Gasteiger partial charge in [-0.15, -0.1) is 10.2 Å². The highest BCUT2D eigenvalue weighted by molar-refractivity contribution is 7.89. The van der Waals surface area contributed by atoms with Crippen LogP contribution >= 0.6 is 0 Å². The standard InChI is InChI=1S/C21H20N8O7S2/c1-29(2)37(32,33)16-6-4-3-5-13(16)27-28-14-8-7-11-9-12(38(34,35)36)10-15(17(11)18(14)30)23-20-24-19(22)25-21(31)26-20/h3-10,30H,1-2H3,(H,34,35,36)(H4,22,23,24,25,26,31). The van der Waals surface area contributed by atoms with Crippen LogP contribution in [0.5, 0.6) is 5.75 Å². The number of nitrogens with zero attached hydrogens (tertiary/aromatic N) is 5. The van der Waals surface area contributed by atoms with Crippen molar-refractivity contribution in [2.75, 3.05) is 25.1 Å². The second kappa shape index (κ2) is 9.78. The second-order valence-electron chi connectivity index (χ2n) is 7.92. The lowest BCUT2D eigenvalue weighted by Crippen LogP contribution is -2.22. The number of azo groups is 1. The lowest BCUT2D eigenvalue weighted by molar-refractivity contribution is 0.480. The highest BCUT2D eigenvalue weighted by atomic mass is 32.2. The van der Waals surface area contributed by atoms with Gasteiger partial charge in [0.15, 0.2) is 5.75 Å². The molecule has 4 aromatic rings. The number of aromatic hydroxyl groups is 1. The van der Waals surface area contributed by atoms with E-state index in [1.54, 1.807) is 6.07 Å². The molecular weight excluding hydrogens is 540 g/mol. The molecule has 0 saturated heterocycles. The van der Waals surface area contributed by atoms with E-state index in [2.05, 4.69) is 30.5 Å². The number of phenols is 1. The first-order valence-electron chi connectivity index (χ1n) is 10.5. The van der Waals surface area contributed by atoms with E-state index in [4.69, 9.17) is 5.73 Å². The summed E-state index contributed by atoms with van der Waals surface area (Å²) in [6.07, 6.45) is 0. The topological polar surface area (TPSA) is 233 Å². The predicted octanol–water partition coefficient (Wildman–Crippen LogP) is 2.26. The first-order valence-corrected chi connectivity index (χ1v) is 13.4. The molecule has 0 amide bonds. The van der Waals surface area contributed by atoms with Crippen molar-refractivity contribution in [2.24, 2.45) is 10.2 Å². The molecule has 0 aliphatic rings. The van der Waals surface area contributed by atoms with Gasteiger partial charge < -0.3 is 16.2 Å². The van der Waals surface area contributed by atoms with Crippen molar-refractivity contribution in [3.8, 4) is 5.75 Å². The van der Waals surface area contributed by atoms with E-state index in [1.807, 2.05) is 0 Å². The minimum Gasteiger partial charge on any atom is -0.505 e. The SMILES string of the molecule is CN(C)S(=O)(=O)c1ccccc1N=Nc1ccc2cc(S(=O)(=O)O)cc(Nc3nc(N)[nH]c(=O)n3)c2c1O. The Labute approximate surface area is 215 Å². The van der Waals surface area contributed by atoms with Crippen LogP contribution in [0.1, 0.15) is 0 Å². The maximum atomic E-state index is 12.6. The number of aromatic amines is 1. The van der Waals surface area contributed by atoms with Crippen LogP contribution in [-0.4, -0.2) is 59.8 Å². The van der Waals surface area contributed by atoms with Crippen LogP contribution in [0.4, 0.5) is 29.0 Å². The van der Waals surface area contributed by atoms with E-state index in [-0.39, 0.29) is 44.6 Å². The molecule has 1 aromatic heterocycles. The smallest absolute Gasteiger partial charge is 0.350 e. The molecule has 0 unspecified atom stereocenters. The molecule has 4 rings (SSSR count). The Bertz CT molecular complexity index is 1870. The Kier molecular flexibility index (Phi) is 6.85. The van der Waals surface area contributed by atoms with Crippen molar-refractivity contribution in [3.63, 3.8) is 0 Å². The van der Waals surface area contributed by atoms with E-state index in [0.29, 0.717) is 0 Å². The summed E-state index contributed by atoms with van der Waals surface area (Å²) in [5.41, 5.74) is 4.46. The molecule has 3 aromatic carbocycles. The van der Waals surface area contributed by atoms with Gasteiger partial charge in [-0.25, -0.2) is 17.5 Å². The fourth-order valence-corrected chi connectivity index (χ4v) is 4.94. The number of benzene rings is 3. The minimum absolute atomic E-state index is 0.00509. The zero-order valence-electron chi connectivity index (χ0n) is 19.7. The highest BCUT2D eigenvalue weighted by Crippen LogP contribution is 2.42. The number of nitrogen functional groups attached to an aromatic ring is 1. The molecular formula is C21H20N8O7S2. The number of nitrogens with one attached hydrogen (secondary N) is 2. The Morgan fingerprint density at radius 2 is 1.68 bits per heavy atom. The first-order chi connectivity index (χ1) is 17.8. The average Bonchev–Trinajstić information content (AvgIpc) is 2.82. The summed E-state index contributed by atoms with van der Waals surface area (Å²) in [6.45, 7) is 0. The van der Waals surface area contributed by atoms with E-state index in [9.17, 15) is 31.3 Å². The summed E-state index contributed by atoms with van der Waals surface area (Å²) in [4.78, 5) is 20.6. The molecule has 198 valence electrons. The molecule has 0 aliphatic heterocycles. The van der Waals surface area contributed by atoms with Gasteiger partial charge in [0.2, 0.25) is 21.9 Å². The molecule has 38 heavy (non-hydrogen) atoms. The third-order valence-corrected chi connectivity index (χ3v) is 7.84. The molecule has 0 spiro atoms. The van der Waals surface area contributed by atoms with Gasteiger partial charge in [-0.1, -0.05) is 18.2 Å². The van der Waals surface area contributed by atoms with Gasteiger partial charge in [0.05, 0.1) is 10.6 Å². The zero-order valence-corrected chi connectivity index (χ0v) is 21.3. The maximum Gasteiger partial charge on any atom is 0.350 e. The Morgan fingerprint density at radius 1 is 1.00 bits per heavy atom. The Balaban J connectivity index is 1.89. The van der Waals surface area contributed by atoms with Crippen LogP contribution in [-0.2, 0) is 20.1 Å². The van der Waals surface area contributed by atoms with Gasteiger partial charge in [0.25, 0.3) is 10.1 Å². The molecule has 0 radical (unpaired) electrons. The molecule has 6 N–H and O–H groups in total. The van der Waals surface area contributed by atoms with Gasteiger partial charge >= 0.3 is 5.69 Å². The van der Waals surface area contributed by atoms with Crippen LogP contribution < -0.4 is 16.7 Å². The number of sulfonamides is 1. The van der Waals surface area contributed by atoms with Crippen LogP contribution in [0.2, 0.25) is 0 Å². The van der Waals surface area contributed by atoms with E-state index in [1.165, 1.54) is 44.4 Å². The Hall–Kier alpha value is -4.45. The number of phenolic OH excluding ortho intramolecular Hbond substituents is 1. The molecule has 0 saturated carbocycles. The molecule has 17 heteroatoms. The van der Waals surface area contributed by atoms with E-state index in [0.717, 1.165) is 16.4 Å². The largest absolute Gasteiger partial charge is 0.505 e. The van der Waals surface area contributed by atoms with Crippen molar-refractivity contribution in [1.82, 2.24) is 19.3 Å². The number of hydrogen-bond donors (Lipinski definition) is 5. The van der Waals surface area contributed by atoms with Gasteiger partial charge in [0.1, 0.15) is 16.3 Å². The number of H-pyrrole nitrogens is 1. The van der Waals surface area contributed by atoms with E-state index >= 15 is 0 Å². The van der Waals surface area contributed by atoms with Gasteiger partial charge in [-0.2, -0.15) is 18.4 Å². The molecule has 0 aliphatic carbocycles. The number of rotatable bonds is 7. The van der Waals surface area contributed by atoms with Crippen molar-refractivity contribution in [2.45, 2.75) is 9.79 Å². The molecule has 0 fully saturated rings. The summed E-state index contributed by atoms with van der Waals surface area (Å²) >= 11 is 0. The van der Waals surface area contributed by atoms with Gasteiger partial charge in [0, 0.05) is 19.5 Å². The quantitative estimate of drug-likeness (QED) is 0.162. The zero-order chi connectivity index (χ0) is 27.8. The first kappa shape index (κ1) is 26.6. The number of hydrogen-bond acceptors (Lipinski definition) is 12. The molecule has 0 atom stereocenters. The number of aromatic nitrogens is 3. The van der Waals surface area contributed by atoms with Crippen LogP contribution in [0.15, 0.2) is 73.3 Å². The lowest BCUT2D eigenvalue weighted by atomic mass is 10.1. The predicted molar refractivity (Wildman–Crippen MR) is 137 cm³/mol. The minimum atomic E-state index is -4.68. The number of nitrogens with two attached hydrogens (primary N) is 1. The lowest BCUT2D eigenvalue weighted by Gasteiger charge is -2.13.